The quantitative estimate of drug-likeness (QED) is 0.720. The molecule has 0 bridgehead atoms. The van der Waals surface area contributed by atoms with Gasteiger partial charge in [-0.2, -0.15) is 0 Å². The zero-order chi connectivity index (χ0) is 15.2. The first-order valence-corrected chi connectivity index (χ1v) is 8.38. The normalized spacial score (nSPS) is 28.4. The summed E-state index contributed by atoms with van der Waals surface area (Å²) >= 11 is 0. The number of ether oxygens (including phenoxy) is 1. The molecule has 0 spiro atoms. The fourth-order valence-electron chi connectivity index (χ4n) is 3.48. The van der Waals surface area contributed by atoms with E-state index in [4.69, 9.17) is 4.74 Å². The molecular formula is C17H33NO2. The summed E-state index contributed by atoms with van der Waals surface area (Å²) in [6.07, 6.45) is 6.49. The molecule has 1 fully saturated rings. The molecule has 0 aliphatic heterocycles. The average molecular weight is 283 g/mol. The van der Waals surface area contributed by atoms with E-state index in [1.54, 1.807) is 0 Å². The van der Waals surface area contributed by atoms with Gasteiger partial charge in [0.2, 0.25) is 0 Å². The van der Waals surface area contributed by atoms with Gasteiger partial charge < -0.3 is 4.74 Å². The Labute approximate surface area is 124 Å². The van der Waals surface area contributed by atoms with Crippen molar-refractivity contribution in [2.24, 2.45) is 11.8 Å². The molecule has 20 heavy (non-hydrogen) atoms. The Morgan fingerprint density at radius 2 is 2.05 bits per heavy atom. The van der Waals surface area contributed by atoms with Gasteiger partial charge in [-0.25, -0.2) is 0 Å². The predicted molar refractivity (Wildman–Crippen MR) is 83.7 cm³/mol. The molecule has 0 aromatic rings. The van der Waals surface area contributed by atoms with Gasteiger partial charge in [0, 0.05) is 6.04 Å². The third-order valence-electron chi connectivity index (χ3n) is 4.46. The molecule has 0 saturated heterocycles. The van der Waals surface area contributed by atoms with Crippen molar-refractivity contribution in [3.05, 3.63) is 0 Å². The first-order chi connectivity index (χ1) is 9.43. The highest BCUT2D eigenvalue weighted by Gasteiger charge is 2.44. The van der Waals surface area contributed by atoms with Crippen molar-refractivity contribution in [2.45, 2.75) is 84.7 Å². The van der Waals surface area contributed by atoms with Gasteiger partial charge in [0.1, 0.15) is 5.54 Å². The van der Waals surface area contributed by atoms with E-state index in [2.05, 4.69) is 33.0 Å². The monoisotopic (exact) mass is 283 g/mol. The number of hydrogen-bond acceptors (Lipinski definition) is 3. The number of esters is 1. The summed E-state index contributed by atoms with van der Waals surface area (Å²) in [5.41, 5.74) is -0.441. The van der Waals surface area contributed by atoms with E-state index in [1.165, 1.54) is 12.8 Å². The van der Waals surface area contributed by atoms with Crippen LogP contribution in [0, 0.1) is 11.8 Å². The summed E-state index contributed by atoms with van der Waals surface area (Å²) in [7, 11) is 0. The molecule has 0 radical (unpaired) electrons. The Bertz CT molecular complexity index is 303. The zero-order valence-electron chi connectivity index (χ0n) is 14.0. The first-order valence-electron chi connectivity index (χ1n) is 8.38. The molecule has 3 heteroatoms. The van der Waals surface area contributed by atoms with Gasteiger partial charge in [-0.15, -0.1) is 0 Å². The summed E-state index contributed by atoms with van der Waals surface area (Å²) in [4.78, 5) is 12.5. The van der Waals surface area contributed by atoms with Crippen molar-refractivity contribution >= 4 is 5.97 Å². The number of nitrogens with one attached hydrogen (secondary N) is 1. The minimum absolute atomic E-state index is 0.0336. The molecule has 0 amide bonds. The van der Waals surface area contributed by atoms with Crippen LogP contribution in [0.25, 0.3) is 0 Å². The second-order valence-electron chi connectivity index (χ2n) is 6.85. The maximum atomic E-state index is 12.5. The maximum Gasteiger partial charge on any atom is 0.326 e. The number of carbonyl (C=O) groups excluding carboxylic acids is 1. The molecule has 0 aromatic heterocycles. The van der Waals surface area contributed by atoms with Crippen LogP contribution in [0.1, 0.15) is 73.1 Å². The van der Waals surface area contributed by atoms with E-state index in [0.29, 0.717) is 24.5 Å². The van der Waals surface area contributed by atoms with Crippen LogP contribution >= 0.6 is 0 Å². The van der Waals surface area contributed by atoms with E-state index in [9.17, 15) is 4.79 Å². The Morgan fingerprint density at radius 1 is 1.35 bits per heavy atom. The van der Waals surface area contributed by atoms with Crippen LogP contribution in [-0.2, 0) is 9.53 Å². The molecule has 1 rings (SSSR count). The summed E-state index contributed by atoms with van der Waals surface area (Å²) in [6.45, 7) is 11.2. The van der Waals surface area contributed by atoms with Crippen molar-refractivity contribution in [3.63, 3.8) is 0 Å². The van der Waals surface area contributed by atoms with Gasteiger partial charge in [-0.05, 0) is 51.4 Å². The average Bonchev–Trinajstić information content (AvgIpc) is 2.38. The fourth-order valence-corrected chi connectivity index (χ4v) is 3.48. The van der Waals surface area contributed by atoms with Crippen molar-refractivity contribution in [1.82, 2.24) is 5.32 Å². The van der Waals surface area contributed by atoms with Gasteiger partial charge in [0.05, 0.1) is 6.61 Å². The molecule has 1 N–H and O–H groups in total. The molecule has 3 atom stereocenters. The molecule has 0 heterocycles. The molecule has 1 aliphatic carbocycles. The Kier molecular flexibility index (Phi) is 7.01. The van der Waals surface area contributed by atoms with Crippen molar-refractivity contribution < 1.29 is 9.53 Å². The minimum atomic E-state index is -0.441. The third-order valence-corrected chi connectivity index (χ3v) is 4.46. The maximum absolute atomic E-state index is 12.5. The van der Waals surface area contributed by atoms with E-state index in [1.807, 2.05) is 6.92 Å². The molecule has 3 nitrogen and oxygen atoms in total. The summed E-state index contributed by atoms with van der Waals surface area (Å²) in [5.74, 6) is 1.31. The van der Waals surface area contributed by atoms with Crippen molar-refractivity contribution in [2.75, 3.05) is 6.61 Å². The van der Waals surface area contributed by atoms with Crippen LogP contribution in [0.5, 0.6) is 0 Å². The van der Waals surface area contributed by atoms with Crippen LogP contribution in [0.2, 0.25) is 0 Å². The Balaban J connectivity index is 2.83. The smallest absolute Gasteiger partial charge is 0.326 e. The lowest BCUT2D eigenvalue weighted by atomic mass is 9.72. The highest BCUT2D eigenvalue weighted by atomic mass is 16.5. The molecule has 3 unspecified atom stereocenters. The molecule has 0 aromatic carbocycles. The van der Waals surface area contributed by atoms with Crippen LogP contribution in [0.3, 0.4) is 0 Å². The predicted octanol–water partition coefficient (Wildman–Crippen LogP) is 3.91. The summed E-state index contributed by atoms with van der Waals surface area (Å²) in [5, 5.41) is 3.60. The topological polar surface area (TPSA) is 38.3 Å². The highest BCUT2D eigenvalue weighted by Crippen LogP contribution is 2.37. The lowest BCUT2D eigenvalue weighted by Gasteiger charge is -2.41. The van der Waals surface area contributed by atoms with Gasteiger partial charge >= 0.3 is 5.97 Å². The van der Waals surface area contributed by atoms with E-state index < -0.39 is 5.54 Å². The van der Waals surface area contributed by atoms with Crippen molar-refractivity contribution in [3.8, 4) is 0 Å². The molecule has 118 valence electrons. The largest absolute Gasteiger partial charge is 0.465 e. The van der Waals surface area contributed by atoms with Crippen LogP contribution in [-0.4, -0.2) is 24.2 Å². The summed E-state index contributed by atoms with van der Waals surface area (Å²) < 4.78 is 5.38. The Hall–Kier alpha value is -0.570. The SMILES string of the molecule is CCOC(=O)C1(NC(C)CC)CCCC(CC(C)C)C1. The van der Waals surface area contributed by atoms with Gasteiger partial charge in [-0.3, -0.25) is 10.1 Å². The van der Waals surface area contributed by atoms with Gasteiger partial charge in [0.25, 0.3) is 0 Å². The second-order valence-corrected chi connectivity index (χ2v) is 6.85. The van der Waals surface area contributed by atoms with Crippen molar-refractivity contribution in [1.29, 1.82) is 0 Å². The lowest BCUT2D eigenvalue weighted by molar-refractivity contribution is -0.154. The fraction of sp³-hybridized carbons (Fsp3) is 0.941. The Morgan fingerprint density at radius 3 is 2.60 bits per heavy atom. The minimum Gasteiger partial charge on any atom is -0.465 e. The first kappa shape index (κ1) is 17.5. The second kappa shape index (κ2) is 8.02. The zero-order valence-corrected chi connectivity index (χ0v) is 14.0. The van der Waals surface area contributed by atoms with Gasteiger partial charge in [-0.1, -0.05) is 33.6 Å². The molecular weight excluding hydrogens is 250 g/mol. The lowest BCUT2D eigenvalue weighted by Crippen LogP contribution is -2.58. The molecule has 1 saturated carbocycles. The number of rotatable bonds is 7. The number of hydrogen-bond donors (Lipinski definition) is 1. The van der Waals surface area contributed by atoms with Crippen LogP contribution < -0.4 is 5.32 Å². The van der Waals surface area contributed by atoms with E-state index >= 15 is 0 Å². The van der Waals surface area contributed by atoms with Crippen LogP contribution in [0.15, 0.2) is 0 Å². The molecule has 1 aliphatic rings. The highest BCUT2D eigenvalue weighted by molar-refractivity contribution is 5.81. The number of carbonyl (C=O) groups is 1. The van der Waals surface area contributed by atoms with E-state index in [-0.39, 0.29) is 5.97 Å². The standard InChI is InChI=1S/C17H33NO2/c1-6-14(5)18-17(16(19)20-7-2)10-8-9-15(12-17)11-13(3)4/h13-15,18H,6-12H2,1-5H3. The van der Waals surface area contributed by atoms with Gasteiger partial charge in [0.15, 0.2) is 0 Å². The summed E-state index contributed by atoms with van der Waals surface area (Å²) in [6, 6.07) is 0.359. The van der Waals surface area contributed by atoms with Crippen LogP contribution in [0.4, 0.5) is 0 Å². The van der Waals surface area contributed by atoms with E-state index in [0.717, 1.165) is 25.7 Å². The third kappa shape index (κ3) is 4.76.